The molecule has 10 heteroatoms. The molecule has 2 aromatic carbocycles. The summed E-state index contributed by atoms with van der Waals surface area (Å²) in [5.41, 5.74) is 5.41. The van der Waals surface area contributed by atoms with E-state index in [1.54, 1.807) is 11.8 Å². The van der Waals surface area contributed by atoms with Crippen LogP contribution < -0.4 is 10.2 Å². The minimum Gasteiger partial charge on any atom is -0.378 e. The average molecular weight is 567 g/mol. The van der Waals surface area contributed by atoms with Crippen LogP contribution in [0.2, 0.25) is 0 Å². The van der Waals surface area contributed by atoms with Crippen molar-refractivity contribution in [3.8, 4) is 0 Å². The molecule has 1 aliphatic heterocycles. The van der Waals surface area contributed by atoms with Gasteiger partial charge in [-0.3, -0.25) is 4.79 Å². The molecular weight excluding hydrogens is 530 g/mol. The Balaban J connectivity index is 1.61. The molecule has 212 valence electrons. The van der Waals surface area contributed by atoms with Gasteiger partial charge in [-0.1, -0.05) is 23.8 Å². The van der Waals surface area contributed by atoms with Crippen LogP contribution >= 0.6 is 11.8 Å². The Labute approximate surface area is 239 Å². The number of nitrogens with zero attached hydrogens (tertiary/aromatic N) is 5. The highest BCUT2D eigenvalue weighted by atomic mass is 32.2. The zero-order valence-electron chi connectivity index (χ0n) is 23.6. The number of para-hydroxylation sites is 1. The Morgan fingerprint density at radius 1 is 1.10 bits per heavy atom. The van der Waals surface area contributed by atoms with Crippen LogP contribution in [0.1, 0.15) is 52.3 Å². The quantitative estimate of drug-likeness (QED) is 0.233. The smallest absolute Gasteiger partial charge is 0.297 e. The zero-order valence-corrected chi connectivity index (χ0v) is 24.4. The molecule has 1 N–H and O–H groups in total. The molecule has 4 rings (SSSR count). The Bertz CT molecular complexity index is 1340. The highest BCUT2D eigenvalue weighted by Gasteiger charge is 2.23. The lowest BCUT2D eigenvalue weighted by Gasteiger charge is -2.40. The highest BCUT2D eigenvalue weighted by molar-refractivity contribution is 7.98. The Morgan fingerprint density at radius 3 is 2.38 bits per heavy atom. The van der Waals surface area contributed by atoms with Crippen LogP contribution in [0, 0.1) is 6.92 Å². The number of aldehydes is 1. The molecule has 7 nitrogen and oxygen atoms in total. The van der Waals surface area contributed by atoms with Crippen LogP contribution in [-0.4, -0.2) is 72.6 Å². The average Bonchev–Trinajstić information content (AvgIpc) is 2.96. The van der Waals surface area contributed by atoms with Crippen LogP contribution in [-0.2, 0) is 0 Å². The van der Waals surface area contributed by atoms with Crippen molar-refractivity contribution < 1.29 is 13.6 Å². The van der Waals surface area contributed by atoms with Gasteiger partial charge in [0.15, 0.2) is 12.1 Å². The molecule has 0 saturated carbocycles. The van der Waals surface area contributed by atoms with E-state index in [4.69, 9.17) is 0 Å². The van der Waals surface area contributed by atoms with Gasteiger partial charge in [0.2, 0.25) is 0 Å². The van der Waals surface area contributed by atoms with Crippen LogP contribution in [0.15, 0.2) is 59.5 Å². The number of aromatic nitrogens is 2. The second kappa shape index (κ2) is 13.1. The van der Waals surface area contributed by atoms with Crippen molar-refractivity contribution in [2.75, 3.05) is 56.7 Å². The van der Waals surface area contributed by atoms with Crippen LogP contribution in [0.3, 0.4) is 0 Å². The summed E-state index contributed by atoms with van der Waals surface area (Å²) >= 11 is 1.69. The lowest BCUT2D eigenvalue weighted by Crippen LogP contribution is -2.48. The summed E-state index contributed by atoms with van der Waals surface area (Å²) in [5, 5.41) is 3.65. The van der Waals surface area contributed by atoms with E-state index in [1.807, 2.05) is 39.2 Å². The topological polar surface area (TPSA) is 64.6 Å². The monoisotopic (exact) mass is 566 g/mol. The maximum atomic E-state index is 12.9. The predicted octanol–water partition coefficient (Wildman–Crippen LogP) is 6.11. The summed E-state index contributed by atoms with van der Waals surface area (Å²) in [6, 6.07) is 12.2. The third-order valence-corrected chi connectivity index (χ3v) is 7.81. The Hall–Kier alpha value is -3.66. The lowest BCUT2D eigenvalue weighted by atomic mass is 9.93. The van der Waals surface area contributed by atoms with Crippen molar-refractivity contribution in [3.63, 3.8) is 0 Å². The predicted molar refractivity (Wildman–Crippen MR) is 159 cm³/mol. The number of benzene rings is 2. The number of hydrogen-bond donors (Lipinski definition) is 1. The van der Waals surface area contributed by atoms with Crippen molar-refractivity contribution in [2.24, 2.45) is 0 Å². The molecule has 40 heavy (non-hydrogen) atoms. The highest BCUT2D eigenvalue weighted by Crippen LogP contribution is 2.32. The van der Waals surface area contributed by atoms with Gasteiger partial charge in [-0.05, 0) is 55.5 Å². The maximum Gasteiger partial charge on any atom is 0.297 e. The van der Waals surface area contributed by atoms with E-state index in [0.717, 1.165) is 45.1 Å². The molecule has 0 aliphatic carbocycles. The molecule has 0 amide bonds. The van der Waals surface area contributed by atoms with Crippen molar-refractivity contribution in [2.45, 2.75) is 31.2 Å². The second-order valence-electron chi connectivity index (χ2n) is 10.0. The number of nitrogens with one attached hydrogen (secondary N) is 1. The lowest BCUT2D eigenvalue weighted by molar-refractivity contribution is 0.112. The second-order valence-corrected chi connectivity index (χ2v) is 10.9. The first kappa shape index (κ1) is 29.3. The van der Waals surface area contributed by atoms with Crippen molar-refractivity contribution >= 4 is 35.5 Å². The fraction of sp³-hybridized carbons (Fsp3) is 0.367. The third-order valence-electron chi connectivity index (χ3n) is 7.01. The summed E-state index contributed by atoms with van der Waals surface area (Å²) in [6.45, 7) is 6.93. The van der Waals surface area contributed by atoms with Gasteiger partial charge in [-0.2, -0.15) is 0 Å². The minimum absolute atomic E-state index is 0.0466. The number of anilines is 2. The van der Waals surface area contributed by atoms with Gasteiger partial charge in [0.05, 0.1) is 18.1 Å². The van der Waals surface area contributed by atoms with E-state index < -0.39 is 12.2 Å². The normalized spacial score (nSPS) is 14.8. The van der Waals surface area contributed by atoms with Crippen LogP contribution in [0.25, 0.3) is 6.08 Å². The van der Waals surface area contributed by atoms with Crippen LogP contribution in [0.5, 0.6) is 0 Å². The number of hydrogen-bond acceptors (Lipinski definition) is 8. The number of halogens is 2. The van der Waals surface area contributed by atoms with Gasteiger partial charge in [0.1, 0.15) is 5.82 Å². The number of rotatable bonds is 10. The number of piperazine rings is 1. The fourth-order valence-corrected chi connectivity index (χ4v) is 5.55. The van der Waals surface area contributed by atoms with Crippen molar-refractivity contribution in [3.05, 3.63) is 82.7 Å². The molecule has 1 fully saturated rings. The van der Waals surface area contributed by atoms with E-state index in [2.05, 4.69) is 67.4 Å². The summed E-state index contributed by atoms with van der Waals surface area (Å²) in [7, 11) is 4.00. The molecule has 3 aromatic rings. The largest absolute Gasteiger partial charge is 0.378 e. The van der Waals surface area contributed by atoms with Crippen LogP contribution in [0.4, 0.5) is 20.2 Å². The Kier molecular flexibility index (Phi) is 9.63. The number of thioether (sulfide) groups is 1. The standard InChI is InChI=1S/C30H36F2N6OS/c1-20-14-22(19-39)25(24(15-20)21(2)35-26-8-6-7-9-27(26)40-5)16-28(36(3)4)38-12-10-37(11-13-38)23-17-33-30(29(31)32)34-18-23/h6-9,14-19,21,29,35H,10-13H2,1-5H3/b28-16+/t21-/m1/s1. The molecule has 0 spiro atoms. The number of carbonyl (C=O) groups excluding carboxylic acids is 1. The van der Waals surface area contributed by atoms with Gasteiger partial charge in [-0.15, -0.1) is 11.8 Å². The van der Waals surface area contributed by atoms with E-state index in [9.17, 15) is 13.6 Å². The summed E-state index contributed by atoms with van der Waals surface area (Å²) in [6.07, 6.45) is 5.34. The molecule has 0 bridgehead atoms. The first-order valence-corrected chi connectivity index (χ1v) is 14.4. The minimum atomic E-state index is -2.68. The van der Waals surface area contributed by atoms with Gasteiger partial charge in [-0.25, -0.2) is 18.7 Å². The molecular formula is C30H36F2N6OS. The number of aryl methyl sites for hydroxylation is 1. The Morgan fingerprint density at radius 2 is 1.77 bits per heavy atom. The third kappa shape index (κ3) is 6.72. The van der Waals surface area contributed by atoms with E-state index in [1.165, 1.54) is 12.4 Å². The summed E-state index contributed by atoms with van der Waals surface area (Å²) < 4.78 is 25.7. The van der Waals surface area contributed by atoms with Crippen molar-refractivity contribution in [1.29, 1.82) is 0 Å². The summed E-state index contributed by atoms with van der Waals surface area (Å²) in [5.74, 6) is 0.537. The van der Waals surface area contributed by atoms with Gasteiger partial charge >= 0.3 is 0 Å². The SMILES string of the molecule is CSc1ccccc1N[C@H](C)c1cc(C)cc(C=O)c1/C=C(\N(C)C)N1CCN(c2cnc(C(F)F)nc2)CC1. The molecule has 1 aromatic heterocycles. The molecule has 1 saturated heterocycles. The van der Waals surface area contributed by atoms with Crippen molar-refractivity contribution in [1.82, 2.24) is 19.8 Å². The number of carbonyl (C=O) groups is 1. The van der Waals surface area contributed by atoms with Gasteiger partial charge in [0.25, 0.3) is 6.43 Å². The van der Waals surface area contributed by atoms with E-state index >= 15 is 0 Å². The van der Waals surface area contributed by atoms with Gasteiger partial charge < -0.3 is 20.0 Å². The summed E-state index contributed by atoms with van der Waals surface area (Å²) in [4.78, 5) is 27.5. The van der Waals surface area contributed by atoms with E-state index in [-0.39, 0.29) is 6.04 Å². The first-order valence-electron chi connectivity index (χ1n) is 13.2. The molecule has 1 aliphatic rings. The fourth-order valence-electron chi connectivity index (χ4n) is 4.98. The van der Waals surface area contributed by atoms with E-state index in [0.29, 0.717) is 31.7 Å². The number of alkyl halides is 2. The molecule has 1 atom stereocenters. The molecule has 2 heterocycles. The molecule has 0 radical (unpaired) electrons. The maximum absolute atomic E-state index is 12.9. The molecule has 0 unspecified atom stereocenters. The van der Waals surface area contributed by atoms with Gasteiger partial charge in [0, 0.05) is 62.5 Å². The zero-order chi connectivity index (χ0) is 28.8. The first-order chi connectivity index (χ1) is 19.2.